The van der Waals surface area contributed by atoms with Crippen molar-refractivity contribution in [1.82, 2.24) is 0 Å². The second kappa shape index (κ2) is 5.67. The van der Waals surface area contributed by atoms with Gasteiger partial charge in [0.1, 0.15) is 5.75 Å². The molecule has 0 unspecified atom stereocenters. The second-order valence-corrected chi connectivity index (χ2v) is 4.22. The predicted molar refractivity (Wildman–Crippen MR) is 61.5 cm³/mol. The fraction of sp³-hybridized carbons (Fsp3) is 0.273. The molecule has 0 atom stereocenters. The van der Waals surface area contributed by atoms with Crippen LogP contribution in [0.1, 0.15) is 12.5 Å². The van der Waals surface area contributed by atoms with Crippen LogP contribution < -0.4 is 4.18 Å². The van der Waals surface area contributed by atoms with E-state index in [2.05, 4.69) is 10.8 Å². The zero-order valence-electron chi connectivity index (χ0n) is 9.05. The minimum atomic E-state index is -3.96. The maximum atomic E-state index is 11.3. The summed E-state index contributed by atoms with van der Waals surface area (Å²) < 4.78 is 31.9. The Bertz CT molecular complexity index is 451. The molecular formula is C11H14O4S. The molecule has 0 aliphatic heterocycles. The van der Waals surface area contributed by atoms with Crippen LogP contribution in [-0.4, -0.2) is 15.0 Å². The SMILES string of the molecule is C=CCc1ccccc1OS(=O)(=O)OCC. The van der Waals surface area contributed by atoms with Gasteiger partial charge in [0, 0.05) is 0 Å². The Morgan fingerprint density at radius 2 is 2.06 bits per heavy atom. The standard InChI is InChI=1S/C11H14O4S/c1-3-7-10-8-5-6-9-11(10)15-16(12,13)14-4-2/h3,5-6,8-9H,1,4,7H2,2H3. The van der Waals surface area contributed by atoms with Gasteiger partial charge in [0.25, 0.3) is 0 Å². The van der Waals surface area contributed by atoms with Crippen LogP contribution in [0.25, 0.3) is 0 Å². The van der Waals surface area contributed by atoms with Crippen LogP contribution in [0.3, 0.4) is 0 Å². The largest absolute Gasteiger partial charge is 0.449 e. The molecule has 0 radical (unpaired) electrons. The second-order valence-electron chi connectivity index (χ2n) is 3.00. The van der Waals surface area contributed by atoms with Gasteiger partial charge in [-0.2, -0.15) is 8.42 Å². The minimum absolute atomic E-state index is 0.0476. The summed E-state index contributed by atoms with van der Waals surface area (Å²) >= 11 is 0. The van der Waals surface area contributed by atoms with E-state index >= 15 is 0 Å². The Kier molecular flexibility index (Phi) is 4.52. The van der Waals surface area contributed by atoms with Crippen LogP contribution in [0.2, 0.25) is 0 Å². The van der Waals surface area contributed by atoms with Gasteiger partial charge in [0.05, 0.1) is 6.61 Å². The molecule has 5 heteroatoms. The van der Waals surface area contributed by atoms with Crippen LogP contribution in [0.4, 0.5) is 0 Å². The molecule has 0 saturated heterocycles. The normalized spacial score (nSPS) is 11.1. The van der Waals surface area contributed by atoms with E-state index in [1.54, 1.807) is 37.3 Å². The molecule has 0 aliphatic carbocycles. The molecule has 16 heavy (non-hydrogen) atoms. The molecule has 0 aromatic heterocycles. The fourth-order valence-electron chi connectivity index (χ4n) is 1.19. The molecule has 1 rings (SSSR count). The quantitative estimate of drug-likeness (QED) is 0.717. The Morgan fingerprint density at radius 3 is 2.69 bits per heavy atom. The van der Waals surface area contributed by atoms with E-state index < -0.39 is 10.4 Å². The van der Waals surface area contributed by atoms with E-state index in [0.29, 0.717) is 6.42 Å². The molecule has 0 amide bonds. The molecular weight excluding hydrogens is 228 g/mol. The Labute approximate surface area is 95.8 Å². The third-order valence-electron chi connectivity index (χ3n) is 1.79. The minimum Gasteiger partial charge on any atom is -0.361 e. The smallest absolute Gasteiger partial charge is 0.361 e. The molecule has 0 spiro atoms. The molecule has 1 aromatic rings. The van der Waals surface area contributed by atoms with Crippen molar-refractivity contribution >= 4 is 10.4 Å². The van der Waals surface area contributed by atoms with Gasteiger partial charge in [0.15, 0.2) is 0 Å². The van der Waals surface area contributed by atoms with Gasteiger partial charge in [-0.25, -0.2) is 4.18 Å². The molecule has 0 bridgehead atoms. The first-order valence-electron chi connectivity index (χ1n) is 4.86. The zero-order valence-corrected chi connectivity index (χ0v) is 9.87. The predicted octanol–water partition coefficient (Wildman–Crippen LogP) is 2.08. The number of allylic oxidation sites excluding steroid dienone is 1. The van der Waals surface area contributed by atoms with E-state index in [9.17, 15) is 8.42 Å². The molecule has 0 aliphatic rings. The summed E-state index contributed by atoms with van der Waals surface area (Å²) in [5, 5.41) is 0. The zero-order chi connectivity index (χ0) is 12.0. The Morgan fingerprint density at radius 1 is 1.38 bits per heavy atom. The van der Waals surface area contributed by atoms with Gasteiger partial charge in [-0.1, -0.05) is 24.3 Å². The number of para-hydroxylation sites is 1. The first kappa shape index (κ1) is 12.7. The summed E-state index contributed by atoms with van der Waals surface area (Å²) in [6.07, 6.45) is 2.22. The average molecular weight is 242 g/mol. The monoisotopic (exact) mass is 242 g/mol. The lowest BCUT2D eigenvalue weighted by atomic mass is 10.1. The van der Waals surface area contributed by atoms with Crippen molar-refractivity contribution in [2.75, 3.05) is 6.61 Å². The van der Waals surface area contributed by atoms with Crippen molar-refractivity contribution in [2.45, 2.75) is 13.3 Å². The molecule has 0 N–H and O–H groups in total. The lowest BCUT2D eigenvalue weighted by Crippen LogP contribution is -2.13. The average Bonchev–Trinajstić information content (AvgIpc) is 2.20. The third kappa shape index (κ3) is 3.67. The maximum Gasteiger partial charge on any atom is 0.449 e. The van der Waals surface area contributed by atoms with E-state index in [-0.39, 0.29) is 12.4 Å². The topological polar surface area (TPSA) is 52.6 Å². The van der Waals surface area contributed by atoms with Crippen LogP contribution in [0.5, 0.6) is 5.75 Å². The number of hydrogen-bond acceptors (Lipinski definition) is 4. The summed E-state index contributed by atoms with van der Waals surface area (Å²) in [6, 6.07) is 6.86. The van der Waals surface area contributed by atoms with Crippen molar-refractivity contribution in [3.05, 3.63) is 42.5 Å². The summed E-state index contributed by atoms with van der Waals surface area (Å²) in [6.45, 7) is 5.22. The van der Waals surface area contributed by atoms with Gasteiger partial charge in [-0.3, -0.25) is 0 Å². The maximum absolute atomic E-state index is 11.3. The molecule has 4 nitrogen and oxygen atoms in total. The summed E-state index contributed by atoms with van der Waals surface area (Å²) in [7, 11) is -3.96. The van der Waals surface area contributed by atoms with E-state index in [4.69, 9.17) is 4.18 Å². The lowest BCUT2D eigenvalue weighted by Gasteiger charge is -2.08. The Balaban J connectivity index is 2.92. The fourth-order valence-corrected chi connectivity index (χ4v) is 1.91. The van der Waals surface area contributed by atoms with Crippen molar-refractivity contribution in [3.63, 3.8) is 0 Å². The first-order chi connectivity index (χ1) is 7.59. The van der Waals surface area contributed by atoms with Gasteiger partial charge >= 0.3 is 10.4 Å². The van der Waals surface area contributed by atoms with Gasteiger partial charge in [-0.15, -0.1) is 6.58 Å². The van der Waals surface area contributed by atoms with Crippen molar-refractivity contribution in [2.24, 2.45) is 0 Å². The highest BCUT2D eigenvalue weighted by atomic mass is 32.3. The highest BCUT2D eigenvalue weighted by molar-refractivity contribution is 7.82. The van der Waals surface area contributed by atoms with E-state index in [0.717, 1.165) is 5.56 Å². The van der Waals surface area contributed by atoms with Gasteiger partial charge in [-0.05, 0) is 25.0 Å². The van der Waals surface area contributed by atoms with Gasteiger partial charge in [0.2, 0.25) is 0 Å². The number of hydrogen-bond donors (Lipinski definition) is 0. The Hall–Kier alpha value is -1.33. The lowest BCUT2D eigenvalue weighted by molar-refractivity contribution is 0.287. The molecule has 0 saturated carbocycles. The number of rotatable bonds is 6. The third-order valence-corrected chi connectivity index (χ3v) is 2.70. The first-order valence-corrected chi connectivity index (χ1v) is 6.20. The van der Waals surface area contributed by atoms with Crippen molar-refractivity contribution < 1.29 is 16.8 Å². The van der Waals surface area contributed by atoms with Crippen LogP contribution in [0, 0.1) is 0 Å². The van der Waals surface area contributed by atoms with Gasteiger partial charge < -0.3 is 4.18 Å². The highest BCUT2D eigenvalue weighted by Gasteiger charge is 2.14. The van der Waals surface area contributed by atoms with Crippen LogP contribution in [0.15, 0.2) is 36.9 Å². The van der Waals surface area contributed by atoms with Crippen molar-refractivity contribution in [1.29, 1.82) is 0 Å². The summed E-state index contributed by atoms with van der Waals surface area (Å²) in [5.74, 6) is 0.274. The van der Waals surface area contributed by atoms with Crippen molar-refractivity contribution in [3.8, 4) is 5.75 Å². The highest BCUT2D eigenvalue weighted by Crippen LogP contribution is 2.20. The van der Waals surface area contributed by atoms with Crippen LogP contribution in [-0.2, 0) is 21.0 Å². The summed E-state index contributed by atoms with van der Waals surface area (Å²) in [5.41, 5.74) is 0.751. The number of benzene rings is 1. The molecule has 1 aromatic carbocycles. The van der Waals surface area contributed by atoms with E-state index in [1.165, 1.54) is 0 Å². The molecule has 0 heterocycles. The molecule has 88 valence electrons. The van der Waals surface area contributed by atoms with E-state index in [1.807, 2.05) is 0 Å². The van der Waals surface area contributed by atoms with Crippen LogP contribution >= 0.6 is 0 Å². The molecule has 0 fully saturated rings. The summed E-state index contributed by atoms with van der Waals surface area (Å²) in [4.78, 5) is 0.